The number of rotatable bonds is 5. The number of amides is 1. The van der Waals surface area contributed by atoms with Crippen LogP contribution in [0, 0.1) is 0 Å². The van der Waals surface area contributed by atoms with Crippen LogP contribution < -0.4 is 5.32 Å². The lowest BCUT2D eigenvalue weighted by molar-refractivity contribution is -0.119. The quantitative estimate of drug-likeness (QED) is 0.893. The molecule has 1 fully saturated rings. The fourth-order valence-corrected chi connectivity index (χ4v) is 4.62. The van der Waals surface area contributed by atoms with Gasteiger partial charge in [-0.1, -0.05) is 23.7 Å². The summed E-state index contributed by atoms with van der Waals surface area (Å²) in [5.41, 5.74) is 1.11. The average molecular weight is 334 g/mol. The fraction of sp³-hybridized carbons (Fsp3) is 0.462. The van der Waals surface area contributed by atoms with Gasteiger partial charge in [-0.25, -0.2) is 8.42 Å². The summed E-state index contributed by atoms with van der Waals surface area (Å²) in [7, 11) is -2.94. The van der Waals surface area contributed by atoms with Gasteiger partial charge in [0.25, 0.3) is 0 Å². The molecule has 0 saturated carbocycles. The van der Waals surface area contributed by atoms with Gasteiger partial charge in [0.05, 0.1) is 17.3 Å². The Bertz CT molecular complexity index is 572. The van der Waals surface area contributed by atoms with Crippen LogP contribution in [0.15, 0.2) is 24.3 Å². The molecule has 1 N–H and O–H groups in total. The number of thioether (sulfide) groups is 1. The van der Waals surface area contributed by atoms with Crippen LogP contribution in [0.3, 0.4) is 0 Å². The summed E-state index contributed by atoms with van der Waals surface area (Å²) in [6.07, 6.45) is 0.524. The van der Waals surface area contributed by atoms with Crippen molar-refractivity contribution in [3.05, 3.63) is 34.9 Å². The van der Waals surface area contributed by atoms with Crippen molar-refractivity contribution in [1.29, 1.82) is 0 Å². The van der Waals surface area contributed by atoms with Crippen molar-refractivity contribution in [2.45, 2.75) is 18.2 Å². The van der Waals surface area contributed by atoms with Crippen LogP contribution in [0.4, 0.5) is 0 Å². The number of sulfone groups is 1. The van der Waals surface area contributed by atoms with Crippen LogP contribution in [0.5, 0.6) is 0 Å². The highest BCUT2D eigenvalue weighted by atomic mass is 35.5. The lowest BCUT2D eigenvalue weighted by Gasteiger charge is -2.10. The third kappa shape index (κ3) is 5.00. The van der Waals surface area contributed by atoms with E-state index in [1.54, 1.807) is 0 Å². The Balaban J connectivity index is 1.69. The molecule has 7 heteroatoms. The highest BCUT2D eigenvalue weighted by Gasteiger charge is 2.28. The molecule has 1 heterocycles. The second-order valence-corrected chi connectivity index (χ2v) is 8.44. The second-order valence-electron chi connectivity index (χ2n) is 4.79. The monoisotopic (exact) mass is 333 g/mol. The molecule has 0 spiro atoms. The van der Waals surface area contributed by atoms with Crippen molar-refractivity contribution in [3.8, 4) is 0 Å². The van der Waals surface area contributed by atoms with Gasteiger partial charge in [0, 0.05) is 16.8 Å². The summed E-state index contributed by atoms with van der Waals surface area (Å²) in [5.74, 6) is 1.20. The number of carbonyl (C=O) groups is 1. The molecule has 1 atom stereocenters. The molecule has 0 aromatic heterocycles. The van der Waals surface area contributed by atoms with Crippen LogP contribution in [-0.2, 0) is 20.4 Å². The van der Waals surface area contributed by atoms with E-state index in [4.69, 9.17) is 11.6 Å². The molecule has 0 radical (unpaired) electrons. The van der Waals surface area contributed by atoms with Crippen molar-refractivity contribution in [2.24, 2.45) is 0 Å². The van der Waals surface area contributed by atoms with E-state index in [1.165, 1.54) is 11.8 Å². The van der Waals surface area contributed by atoms with E-state index in [2.05, 4.69) is 5.32 Å². The van der Waals surface area contributed by atoms with Gasteiger partial charge in [-0.15, -0.1) is 11.8 Å². The number of hydrogen-bond acceptors (Lipinski definition) is 4. The lowest BCUT2D eigenvalue weighted by atomic mass is 10.2. The van der Waals surface area contributed by atoms with Gasteiger partial charge in [0.2, 0.25) is 5.91 Å². The summed E-state index contributed by atoms with van der Waals surface area (Å²) in [6.45, 7) is 0. The standard InChI is InChI=1S/C13H16ClNO3S2/c14-11-3-1-10(2-4-11)7-19-8-13(16)15-12-5-6-20(17,18)9-12/h1-4,12H,5-9H2,(H,15,16). The molecule has 1 amide bonds. The summed E-state index contributed by atoms with van der Waals surface area (Å²) in [6, 6.07) is 7.28. The van der Waals surface area contributed by atoms with Crippen molar-refractivity contribution in [1.82, 2.24) is 5.32 Å². The first-order valence-corrected chi connectivity index (χ1v) is 9.62. The number of benzene rings is 1. The van der Waals surface area contributed by atoms with Crippen LogP contribution in [0.1, 0.15) is 12.0 Å². The van der Waals surface area contributed by atoms with Crippen molar-refractivity contribution < 1.29 is 13.2 Å². The molecule has 110 valence electrons. The molecule has 1 aromatic carbocycles. The minimum atomic E-state index is -2.94. The zero-order chi connectivity index (χ0) is 14.6. The minimum Gasteiger partial charge on any atom is -0.352 e. The van der Waals surface area contributed by atoms with Crippen molar-refractivity contribution in [2.75, 3.05) is 17.3 Å². The minimum absolute atomic E-state index is 0.0700. The van der Waals surface area contributed by atoms with Crippen molar-refractivity contribution in [3.63, 3.8) is 0 Å². The Labute approximate surface area is 128 Å². The van der Waals surface area contributed by atoms with Gasteiger partial charge in [0.1, 0.15) is 0 Å². The lowest BCUT2D eigenvalue weighted by Crippen LogP contribution is -2.36. The average Bonchev–Trinajstić information content (AvgIpc) is 2.71. The maximum Gasteiger partial charge on any atom is 0.230 e. The largest absolute Gasteiger partial charge is 0.352 e. The maximum absolute atomic E-state index is 11.7. The molecule has 2 rings (SSSR count). The molecule has 0 bridgehead atoms. The van der Waals surface area contributed by atoms with E-state index >= 15 is 0 Å². The Morgan fingerprint density at radius 2 is 2.05 bits per heavy atom. The maximum atomic E-state index is 11.7. The predicted octanol–water partition coefficient (Wildman–Crippen LogP) is 1.88. The summed E-state index contributed by atoms with van der Waals surface area (Å²) in [5, 5.41) is 3.46. The smallest absolute Gasteiger partial charge is 0.230 e. The number of halogens is 1. The first-order chi connectivity index (χ1) is 9.44. The molecule has 4 nitrogen and oxygen atoms in total. The molecular formula is C13H16ClNO3S2. The zero-order valence-corrected chi connectivity index (χ0v) is 13.2. The van der Waals surface area contributed by atoms with Crippen molar-refractivity contribution >= 4 is 39.1 Å². The Kier molecular flexibility index (Phi) is 5.35. The van der Waals surface area contributed by atoms with Crippen LogP contribution in [-0.4, -0.2) is 37.6 Å². The van der Waals surface area contributed by atoms with Crippen LogP contribution >= 0.6 is 23.4 Å². The normalized spacial score (nSPS) is 20.8. The predicted molar refractivity (Wildman–Crippen MR) is 82.8 cm³/mol. The van der Waals surface area contributed by atoms with Crippen LogP contribution in [0.25, 0.3) is 0 Å². The first kappa shape index (κ1) is 15.7. The van der Waals surface area contributed by atoms with E-state index in [-0.39, 0.29) is 23.5 Å². The van der Waals surface area contributed by atoms with Gasteiger partial charge in [0.15, 0.2) is 9.84 Å². The summed E-state index contributed by atoms with van der Waals surface area (Å²) in [4.78, 5) is 11.7. The molecule has 1 aliphatic rings. The third-order valence-electron chi connectivity index (χ3n) is 3.01. The number of nitrogens with one attached hydrogen (secondary N) is 1. The third-order valence-corrected chi connectivity index (χ3v) is 6.04. The van der Waals surface area contributed by atoms with Gasteiger partial charge in [-0.2, -0.15) is 0 Å². The van der Waals surface area contributed by atoms with Gasteiger partial charge >= 0.3 is 0 Å². The molecule has 1 unspecified atom stereocenters. The zero-order valence-electron chi connectivity index (χ0n) is 10.8. The van der Waals surface area contributed by atoms with E-state index in [9.17, 15) is 13.2 Å². The van der Waals surface area contributed by atoms with E-state index in [0.717, 1.165) is 11.3 Å². The Morgan fingerprint density at radius 1 is 1.35 bits per heavy atom. The molecule has 1 aromatic rings. The first-order valence-electron chi connectivity index (χ1n) is 6.26. The fourth-order valence-electron chi connectivity index (χ4n) is 2.02. The highest BCUT2D eigenvalue weighted by Crippen LogP contribution is 2.16. The van der Waals surface area contributed by atoms with E-state index < -0.39 is 9.84 Å². The molecule has 20 heavy (non-hydrogen) atoms. The summed E-state index contributed by atoms with van der Waals surface area (Å²) < 4.78 is 22.6. The summed E-state index contributed by atoms with van der Waals surface area (Å²) >= 11 is 7.29. The van der Waals surface area contributed by atoms with E-state index in [1.807, 2.05) is 24.3 Å². The SMILES string of the molecule is O=C(CSCc1ccc(Cl)cc1)NC1CCS(=O)(=O)C1. The molecular weight excluding hydrogens is 318 g/mol. The second kappa shape index (κ2) is 6.83. The van der Waals surface area contributed by atoms with Gasteiger partial charge < -0.3 is 5.32 Å². The topological polar surface area (TPSA) is 63.2 Å². The molecule has 1 saturated heterocycles. The van der Waals surface area contributed by atoms with Gasteiger partial charge in [-0.3, -0.25) is 4.79 Å². The number of carbonyl (C=O) groups excluding carboxylic acids is 1. The highest BCUT2D eigenvalue weighted by molar-refractivity contribution is 7.99. The van der Waals surface area contributed by atoms with E-state index in [0.29, 0.717) is 17.2 Å². The Hall–Kier alpha value is -0.720. The molecule has 0 aliphatic carbocycles. The number of hydrogen-bond donors (Lipinski definition) is 1. The Morgan fingerprint density at radius 3 is 2.65 bits per heavy atom. The van der Waals surface area contributed by atoms with Gasteiger partial charge in [-0.05, 0) is 24.1 Å². The van der Waals surface area contributed by atoms with Crippen LogP contribution in [0.2, 0.25) is 5.02 Å². The molecule has 1 aliphatic heterocycles.